The van der Waals surface area contributed by atoms with Gasteiger partial charge in [0.25, 0.3) is 5.91 Å². The molecule has 0 aromatic heterocycles. The monoisotopic (exact) mass is 472 g/mol. The van der Waals surface area contributed by atoms with Crippen molar-refractivity contribution in [2.75, 3.05) is 13.7 Å². The van der Waals surface area contributed by atoms with Gasteiger partial charge in [-0.3, -0.25) is 4.79 Å². The van der Waals surface area contributed by atoms with Gasteiger partial charge in [-0.25, -0.2) is 5.43 Å². The first-order valence-corrected chi connectivity index (χ1v) is 8.50. The quantitative estimate of drug-likeness (QED) is 0.340. The molecule has 3 N–H and O–H groups in total. The Morgan fingerprint density at radius 1 is 1.24 bits per heavy atom. The lowest BCUT2D eigenvalue weighted by Crippen LogP contribution is -2.24. The Hall–Kier alpha value is -2.26. The second kappa shape index (κ2) is 8.72. The van der Waals surface area contributed by atoms with Gasteiger partial charge in [-0.1, -0.05) is 12.1 Å². The first-order chi connectivity index (χ1) is 11.9. The van der Waals surface area contributed by atoms with Gasteiger partial charge in [-0.2, -0.15) is 5.10 Å². The molecule has 2 rings (SSSR count). The van der Waals surface area contributed by atoms with Gasteiger partial charge in [0.15, 0.2) is 29.6 Å². The number of rotatable bonds is 6. The van der Waals surface area contributed by atoms with Crippen LogP contribution in [0.3, 0.4) is 0 Å². The van der Waals surface area contributed by atoms with E-state index in [2.05, 4.69) is 42.4 Å². The van der Waals surface area contributed by atoms with E-state index < -0.39 is 5.91 Å². The molecule has 0 aliphatic rings. The molecule has 2 aromatic rings. The second-order valence-corrected chi connectivity index (χ2v) is 6.28. The van der Waals surface area contributed by atoms with Crippen molar-refractivity contribution < 1.29 is 24.5 Å². The second-order valence-electron chi connectivity index (χ2n) is 4.69. The summed E-state index contributed by atoms with van der Waals surface area (Å²) in [5, 5.41) is 23.0. The maximum Gasteiger partial charge on any atom is 0.277 e. The summed E-state index contributed by atoms with van der Waals surface area (Å²) < 4.78 is 11.2. The van der Waals surface area contributed by atoms with Crippen molar-refractivity contribution >= 4 is 44.0 Å². The fourth-order valence-corrected chi connectivity index (χ4v) is 2.64. The molecule has 7 nitrogen and oxygen atoms in total. The number of hydrogen-bond acceptors (Lipinski definition) is 6. The molecule has 0 unspecified atom stereocenters. The summed E-state index contributed by atoms with van der Waals surface area (Å²) in [5.41, 5.74) is 2.76. The van der Waals surface area contributed by atoms with Crippen LogP contribution in [0, 0.1) is 0 Å². The predicted molar refractivity (Wildman–Crippen MR) is 99.4 cm³/mol. The smallest absolute Gasteiger partial charge is 0.277 e. The van der Waals surface area contributed by atoms with Crippen molar-refractivity contribution in [3.05, 3.63) is 44.8 Å². The molecule has 0 aliphatic heterocycles. The number of benzene rings is 2. The van der Waals surface area contributed by atoms with Crippen LogP contribution in [-0.4, -0.2) is 36.1 Å². The number of phenols is 2. The molecule has 132 valence electrons. The molecule has 1 amide bonds. The highest BCUT2D eigenvalue weighted by molar-refractivity contribution is 9.13. The number of nitrogens with one attached hydrogen (secondary N) is 1. The van der Waals surface area contributed by atoms with Gasteiger partial charge in [0.2, 0.25) is 0 Å². The maximum atomic E-state index is 11.8. The summed E-state index contributed by atoms with van der Waals surface area (Å²) in [6.07, 6.45) is 1.31. The van der Waals surface area contributed by atoms with Gasteiger partial charge in [-0.15, -0.1) is 0 Å². The van der Waals surface area contributed by atoms with Gasteiger partial charge in [0, 0.05) is 10.0 Å². The van der Waals surface area contributed by atoms with Crippen LogP contribution in [0.5, 0.6) is 23.0 Å². The Bertz CT molecular complexity index is 811. The molecule has 0 spiro atoms. The van der Waals surface area contributed by atoms with Crippen LogP contribution in [0.25, 0.3) is 0 Å². The van der Waals surface area contributed by atoms with E-state index in [0.29, 0.717) is 21.5 Å². The van der Waals surface area contributed by atoms with Crippen LogP contribution in [0.4, 0.5) is 0 Å². The molecule has 2 aromatic carbocycles. The molecule has 0 fully saturated rings. The van der Waals surface area contributed by atoms with Crippen LogP contribution in [0.2, 0.25) is 0 Å². The summed E-state index contributed by atoms with van der Waals surface area (Å²) in [6.45, 7) is -0.247. The third kappa shape index (κ3) is 4.86. The Balaban J connectivity index is 1.95. The molecule has 0 aliphatic carbocycles. The van der Waals surface area contributed by atoms with Crippen molar-refractivity contribution in [1.82, 2.24) is 5.43 Å². The van der Waals surface area contributed by atoms with Gasteiger partial charge in [-0.05, 0) is 50.1 Å². The van der Waals surface area contributed by atoms with Crippen molar-refractivity contribution in [1.29, 1.82) is 0 Å². The number of ether oxygens (including phenoxy) is 2. The minimum absolute atomic E-state index is 0.247. The Morgan fingerprint density at radius 2 is 1.92 bits per heavy atom. The highest BCUT2D eigenvalue weighted by Crippen LogP contribution is 2.40. The van der Waals surface area contributed by atoms with E-state index >= 15 is 0 Å². The number of halogens is 2. The largest absolute Gasteiger partial charge is 0.504 e. The third-order valence-electron chi connectivity index (χ3n) is 3.01. The number of aromatic hydroxyl groups is 2. The van der Waals surface area contributed by atoms with Crippen LogP contribution in [-0.2, 0) is 4.79 Å². The molecule has 25 heavy (non-hydrogen) atoms. The average Bonchev–Trinajstić information content (AvgIpc) is 2.62. The third-order valence-corrected chi connectivity index (χ3v) is 5.17. The number of nitrogens with zero attached hydrogens (tertiary/aromatic N) is 1. The molecule has 0 saturated heterocycles. The lowest BCUT2D eigenvalue weighted by atomic mass is 10.2. The SMILES string of the molecule is COc1ccccc1OCC(=O)NN=Cc1cc(O)c(O)c(Br)c1Br. The lowest BCUT2D eigenvalue weighted by Gasteiger charge is -2.09. The molecule has 0 bridgehead atoms. The van der Waals surface area contributed by atoms with Gasteiger partial charge < -0.3 is 19.7 Å². The van der Waals surface area contributed by atoms with E-state index in [0.717, 1.165) is 0 Å². The summed E-state index contributed by atoms with van der Waals surface area (Å²) in [5.74, 6) is -0.118. The zero-order valence-electron chi connectivity index (χ0n) is 13.0. The van der Waals surface area contributed by atoms with Crippen LogP contribution in [0.1, 0.15) is 5.56 Å². The fourth-order valence-electron chi connectivity index (χ4n) is 1.80. The van der Waals surface area contributed by atoms with Crippen LogP contribution < -0.4 is 14.9 Å². The Morgan fingerprint density at radius 3 is 2.60 bits per heavy atom. The van der Waals surface area contributed by atoms with E-state index in [1.54, 1.807) is 24.3 Å². The normalized spacial score (nSPS) is 10.7. The lowest BCUT2D eigenvalue weighted by molar-refractivity contribution is -0.123. The number of carbonyl (C=O) groups is 1. The maximum absolute atomic E-state index is 11.8. The highest BCUT2D eigenvalue weighted by Gasteiger charge is 2.12. The summed E-state index contributed by atoms with van der Waals surface area (Å²) in [4.78, 5) is 11.8. The highest BCUT2D eigenvalue weighted by atomic mass is 79.9. The first-order valence-electron chi connectivity index (χ1n) is 6.91. The predicted octanol–water partition coefficient (Wildman–Crippen LogP) is 3.16. The topological polar surface area (TPSA) is 100 Å². The molecule has 0 atom stereocenters. The first kappa shape index (κ1) is 19.1. The Kier molecular flexibility index (Phi) is 6.65. The number of carbonyl (C=O) groups excluding carboxylic acids is 1. The minimum Gasteiger partial charge on any atom is -0.504 e. The number of amides is 1. The van der Waals surface area contributed by atoms with Gasteiger partial charge in [0.1, 0.15) is 0 Å². The molecule has 0 saturated carbocycles. The zero-order chi connectivity index (χ0) is 18.4. The average molecular weight is 474 g/mol. The summed E-state index contributed by atoms with van der Waals surface area (Å²) >= 11 is 6.38. The van der Waals surface area contributed by atoms with E-state index in [1.165, 1.54) is 19.4 Å². The summed E-state index contributed by atoms with van der Waals surface area (Å²) in [6, 6.07) is 8.26. The van der Waals surface area contributed by atoms with E-state index in [9.17, 15) is 15.0 Å². The van der Waals surface area contributed by atoms with Crippen molar-refractivity contribution in [2.24, 2.45) is 5.10 Å². The number of phenolic OH excluding ortho intramolecular Hbond substituents is 2. The van der Waals surface area contributed by atoms with E-state index in [4.69, 9.17) is 9.47 Å². The number of hydrogen-bond donors (Lipinski definition) is 3. The Labute approximate surface area is 160 Å². The number of para-hydroxylation sites is 2. The van der Waals surface area contributed by atoms with Gasteiger partial charge >= 0.3 is 0 Å². The molecule has 9 heteroatoms. The standard InChI is InChI=1S/C16H14Br2N2O5/c1-24-11-4-2-3-5-12(11)25-8-13(22)20-19-7-9-6-10(21)16(23)15(18)14(9)17/h2-7,21,23H,8H2,1H3,(H,20,22). The van der Waals surface area contributed by atoms with Crippen LogP contribution >= 0.6 is 31.9 Å². The zero-order valence-corrected chi connectivity index (χ0v) is 16.2. The van der Waals surface area contributed by atoms with E-state index in [-0.39, 0.29) is 22.6 Å². The van der Waals surface area contributed by atoms with Gasteiger partial charge in [0.05, 0.1) is 17.8 Å². The van der Waals surface area contributed by atoms with Crippen LogP contribution in [0.15, 0.2) is 44.4 Å². The number of methoxy groups -OCH3 is 1. The minimum atomic E-state index is -0.472. The fraction of sp³-hybridized carbons (Fsp3) is 0.125. The molecule has 0 radical (unpaired) electrons. The molecular formula is C16H14Br2N2O5. The van der Waals surface area contributed by atoms with E-state index in [1.807, 2.05) is 0 Å². The molecule has 0 heterocycles. The van der Waals surface area contributed by atoms with Crippen molar-refractivity contribution in [2.45, 2.75) is 0 Å². The molecular weight excluding hydrogens is 460 g/mol. The van der Waals surface area contributed by atoms with Crippen molar-refractivity contribution in [3.63, 3.8) is 0 Å². The van der Waals surface area contributed by atoms with Crippen molar-refractivity contribution in [3.8, 4) is 23.0 Å². The number of hydrazone groups is 1. The summed E-state index contributed by atoms with van der Waals surface area (Å²) in [7, 11) is 1.51.